The van der Waals surface area contributed by atoms with Crippen molar-refractivity contribution in [1.82, 2.24) is 9.78 Å². The van der Waals surface area contributed by atoms with E-state index < -0.39 is 5.97 Å². The summed E-state index contributed by atoms with van der Waals surface area (Å²) in [6, 6.07) is 4.72. The third kappa shape index (κ3) is 1.41. The number of nitrogens with zero attached hydrogens (tertiary/aromatic N) is 1. The van der Waals surface area contributed by atoms with Crippen LogP contribution in [-0.2, 0) is 0 Å². The van der Waals surface area contributed by atoms with Gasteiger partial charge in [-0.3, -0.25) is 9.89 Å². The van der Waals surface area contributed by atoms with Crippen LogP contribution in [0.15, 0.2) is 23.0 Å². The van der Waals surface area contributed by atoms with Crippen LogP contribution in [0.4, 0.5) is 0 Å². The van der Waals surface area contributed by atoms with E-state index in [0.717, 1.165) is 0 Å². The van der Waals surface area contributed by atoms with Crippen LogP contribution in [0.25, 0.3) is 10.9 Å². The highest BCUT2D eigenvalue weighted by molar-refractivity contribution is 6.02. The van der Waals surface area contributed by atoms with Crippen molar-refractivity contribution in [2.45, 2.75) is 19.9 Å². The first-order chi connectivity index (χ1) is 7.52. The monoisotopic (exact) mass is 220 g/mol. The Hall–Kier alpha value is -2.04. The highest BCUT2D eigenvalue weighted by atomic mass is 16.4. The molecule has 0 radical (unpaired) electrons. The molecule has 1 aromatic carbocycles. The number of fused-ring (bicyclic) bond motifs is 1. The van der Waals surface area contributed by atoms with Gasteiger partial charge < -0.3 is 5.11 Å². The second-order valence-electron chi connectivity index (χ2n) is 3.91. The predicted molar refractivity (Wildman–Crippen MR) is 59.9 cm³/mol. The molecule has 0 bridgehead atoms. The molecule has 84 valence electrons. The molecule has 0 unspecified atom stereocenters. The van der Waals surface area contributed by atoms with Crippen LogP contribution < -0.4 is 5.56 Å². The second kappa shape index (κ2) is 3.52. The molecule has 2 N–H and O–H groups in total. The molecule has 5 heteroatoms. The van der Waals surface area contributed by atoms with Crippen LogP contribution in [0.2, 0.25) is 0 Å². The summed E-state index contributed by atoms with van der Waals surface area (Å²) in [6.07, 6.45) is 0. The molecule has 16 heavy (non-hydrogen) atoms. The number of hydrogen-bond donors (Lipinski definition) is 2. The highest BCUT2D eigenvalue weighted by Crippen LogP contribution is 2.14. The number of carboxylic acids is 1. The standard InChI is InChI=1S/C11H12N2O3/c1-6(2)13-10(14)9-7(11(15)16)4-3-5-8(9)12-13/h3-6,12H,1-2H3,(H,15,16). The van der Waals surface area contributed by atoms with Gasteiger partial charge in [-0.05, 0) is 26.0 Å². The first kappa shape index (κ1) is 10.5. The van der Waals surface area contributed by atoms with Crippen molar-refractivity contribution in [2.24, 2.45) is 0 Å². The van der Waals surface area contributed by atoms with Gasteiger partial charge in [-0.1, -0.05) is 6.07 Å². The Morgan fingerprint density at radius 3 is 2.69 bits per heavy atom. The zero-order valence-electron chi connectivity index (χ0n) is 9.02. The van der Waals surface area contributed by atoms with Gasteiger partial charge in [-0.2, -0.15) is 0 Å². The number of aromatic amines is 1. The largest absolute Gasteiger partial charge is 0.478 e. The number of aromatic nitrogens is 2. The topological polar surface area (TPSA) is 75.1 Å². The van der Waals surface area contributed by atoms with Crippen LogP contribution >= 0.6 is 0 Å². The first-order valence-corrected chi connectivity index (χ1v) is 4.99. The minimum absolute atomic E-state index is 0.0263. The van der Waals surface area contributed by atoms with E-state index in [1.165, 1.54) is 10.7 Å². The molecule has 2 aromatic rings. The molecule has 1 aromatic heterocycles. The van der Waals surface area contributed by atoms with Gasteiger partial charge in [0.05, 0.1) is 16.5 Å². The summed E-state index contributed by atoms with van der Waals surface area (Å²) in [5.74, 6) is -1.09. The molecule has 0 aliphatic carbocycles. The van der Waals surface area contributed by atoms with E-state index in [4.69, 9.17) is 5.11 Å². The van der Waals surface area contributed by atoms with Crippen LogP contribution in [0.3, 0.4) is 0 Å². The molecule has 0 aliphatic heterocycles. The fourth-order valence-corrected chi connectivity index (χ4v) is 1.72. The van der Waals surface area contributed by atoms with Crippen molar-refractivity contribution in [3.8, 4) is 0 Å². The van der Waals surface area contributed by atoms with Crippen LogP contribution in [0, 0.1) is 0 Å². The summed E-state index contributed by atoms with van der Waals surface area (Å²) in [5, 5.41) is 12.1. The van der Waals surface area contributed by atoms with Gasteiger partial charge in [0.25, 0.3) is 5.56 Å². The third-order valence-corrected chi connectivity index (χ3v) is 2.48. The SMILES string of the molecule is CC(C)n1[nH]c2cccc(C(=O)O)c2c1=O. The molecule has 0 spiro atoms. The van der Waals surface area contributed by atoms with E-state index in [1.54, 1.807) is 12.1 Å². The minimum Gasteiger partial charge on any atom is -0.478 e. The number of hydrogen-bond acceptors (Lipinski definition) is 2. The summed E-state index contributed by atoms with van der Waals surface area (Å²) < 4.78 is 1.43. The number of H-pyrrole nitrogens is 1. The Kier molecular flexibility index (Phi) is 2.30. The lowest BCUT2D eigenvalue weighted by Crippen LogP contribution is -2.19. The summed E-state index contributed by atoms with van der Waals surface area (Å²) in [7, 11) is 0. The van der Waals surface area contributed by atoms with Gasteiger partial charge in [0.1, 0.15) is 0 Å². The summed E-state index contributed by atoms with van der Waals surface area (Å²) in [6.45, 7) is 3.72. The molecule has 1 heterocycles. The first-order valence-electron chi connectivity index (χ1n) is 4.99. The fraction of sp³-hybridized carbons (Fsp3) is 0.273. The van der Waals surface area contributed by atoms with E-state index >= 15 is 0 Å². The lowest BCUT2D eigenvalue weighted by molar-refractivity contribution is 0.0699. The van der Waals surface area contributed by atoms with E-state index in [2.05, 4.69) is 5.10 Å². The Labute approximate surface area is 91.3 Å². The third-order valence-electron chi connectivity index (χ3n) is 2.48. The lowest BCUT2D eigenvalue weighted by Gasteiger charge is -2.03. The average molecular weight is 220 g/mol. The maximum absolute atomic E-state index is 12.0. The Morgan fingerprint density at radius 2 is 2.12 bits per heavy atom. The van der Waals surface area contributed by atoms with Gasteiger partial charge in [-0.25, -0.2) is 9.48 Å². The van der Waals surface area contributed by atoms with Gasteiger partial charge in [0.2, 0.25) is 0 Å². The number of carbonyl (C=O) groups is 1. The summed E-state index contributed by atoms with van der Waals surface area (Å²) >= 11 is 0. The zero-order chi connectivity index (χ0) is 11.9. The van der Waals surface area contributed by atoms with Crippen LogP contribution in [0.5, 0.6) is 0 Å². The van der Waals surface area contributed by atoms with Crippen molar-refractivity contribution in [3.63, 3.8) is 0 Å². The van der Waals surface area contributed by atoms with Gasteiger partial charge in [0.15, 0.2) is 0 Å². The van der Waals surface area contributed by atoms with Crippen molar-refractivity contribution >= 4 is 16.9 Å². The molecular weight excluding hydrogens is 208 g/mol. The predicted octanol–water partition coefficient (Wildman–Crippen LogP) is 1.61. The van der Waals surface area contributed by atoms with Crippen LogP contribution in [-0.4, -0.2) is 20.9 Å². The summed E-state index contributed by atoms with van der Waals surface area (Å²) in [4.78, 5) is 22.9. The van der Waals surface area contributed by atoms with E-state index in [-0.39, 0.29) is 22.6 Å². The number of rotatable bonds is 2. The van der Waals surface area contributed by atoms with Crippen LogP contribution in [0.1, 0.15) is 30.2 Å². The van der Waals surface area contributed by atoms with Gasteiger partial charge >= 0.3 is 5.97 Å². The smallest absolute Gasteiger partial charge is 0.336 e. The molecule has 0 atom stereocenters. The zero-order valence-corrected chi connectivity index (χ0v) is 9.02. The number of aromatic carboxylic acids is 1. The average Bonchev–Trinajstić information content (AvgIpc) is 2.56. The highest BCUT2D eigenvalue weighted by Gasteiger charge is 2.16. The van der Waals surface area contributed by atoms with E-state index in [0.29, 0.717) is 5.52 Å². The number of carboxylic acid groups (broad SMARTS) is 1. The fourth-order valence-electron chi connectivity index (χ4n) is 1.72. The molecule has 0 aliphatic rings. The normalized spacial score (nSPS) is 11.2. The molecule has 0 saturated heterocycles. The summed E-state index contributed by atoms with van der Waals surface area (Å²) in [5.41, 5.74) is 0.305. The van der Waals surface area contributed by atoms with E-state index in [9.17, 15) is 9.59 Å². The molecule has 0 fully saturated rings. The molecule has 2 rings (SSSR count). The second-order valence-corrected chi connectivity index (χ2v) is 3.91. The lowest BCUT2D eigenvalue weighted by atomic mass is 10.1. The van der Waals surface area contributed by atoms with Crippen molar-refractivity contribution in [3.05, 3.63) is 34.1 Å². The van der Waals surface area contributed by atoms with Gasteiger partial charge in [0, 0.05) is 6.04 Å². The van der Waals surface area contributed by atoms with Crippen molar-refractivity contribution in [1.29, 1.82) is 0 Å². The quantitative estimate of drug-likeness (QED) is 0.807. The number of nitrogens with one attached hydrogen (secondary N) is 1. The number of benzene rings is 1. The Morgan fingerprint density at radius 1 is 1.44 bits per heavy atom. The molecule has 5 nitrogen and oxygen atoms in total. The minimum atomic E-state index is -1.09. The maximum atomic E-state index is 12.0. The molecule has 0 saturated carbocycles. The molecular formula is C11H12N2O3. The van der Waals surface area contributed by atoms with Gasteiger partial charge in [-0.15, -0.1) is 0 Å². The van der Waals surface area contributed by atoms with Crippen molar-refractivity contribution in [2.75, 3.05) is 0 Å². The Balaban J connectivity index is 2.88. The van der Waals surface area contributed by atoms with Crippen molar-refractivity contribution < 1.29 is 9.90 Å². The van der Waals surface area contributed by atoms with E-state index in [1.807, 2.05) is 13.8 Å². The maximum Gasteiger partial charge on any atom is 0.336 e. The molecule has 0 amide bonds. The Bertz CT molecular complexity index is 607.